The Balaban J connectivity index is 3.92. The first kappa shape index (κ1) is 21.5. The predicted octanol–water partition coefficient (Wildman–Crippen LogP) is 1.99. The Labute approximate surface area is 135 Å². The van der Waals surface area contributed by atoms with Gasteiger partial charge in [0.2, 0.25) is 0 Å². The van der Waals surface area contributed by atoms with E-state index in [0.717, 1.165) is 25.7 Å². The van der Waals surface area contributed by atoms with Crippen LogP contribution in [0.4, 0.5) is 0 Å². The normalized spacial score (nSPS) is 17.2. The molecule has 0 aromatic carbocycles. The first-order valence-electron chi connectivity index (χ1n) is 8.50. The smallest absolute Gasteiger partial charge is 0.135 e. The van der Waals surface area contributed by atoms with Crippen molar-refractivity contribution in [1.82, 2.24) is 4.90 Å². The van der Waals surface area contributed by atoms with Gasteiger partial charge in [0.1, 0.15) is 12.5 Å². The van der Waals surface area contributed by atoms with E-state index in [0.29, 0.717) is 6.54 Å². The van der Waals surface area contributed by atoms with E-state index in [9.17, 15) is 20.4 Å². The molecule has 0 radical (unpaired) electrons. The summed E-state index contributed by atoms with van der Waals surface area (Å²) in [7, 11) is 0. The monoisotopic (exact) mass is 317 g/mol. The Morgan fingerprint density at radius 1 is 0.773 bits per heavy atom. The molecule has 5 nitrogen and oxygen atoms in total. The van der Waals surface area contributed by atoms with Gasteiger partial charge < -0.3 is 20.4 Å². The van der Waals surface area contributed by atoms with Crippen LogP contribution in [0.2, 0.25) is 0 Å². The summed E-state index contributed by atoms with van der Waals surface area (Å²) in [6.07, 6.45) is 6.58. The topological polar surface area (TPSA) is 84.2 Å². The molecule has 0 aromatic heterocycles. The minimum Gasteiger partial charge on any atom is -0.389 e. The van der Waals surface area contributed by atoms with Crippen LogP contribution < -0.4 is 0 Å². The van der Waals surface area contributed by atoms with Crippen LogP contribution in [0.1, 0.15) is 65.2 Å². The summed E-state index contributed by atoms with van der Waals surface area (Å²) < 4.78 is 0. The maximum atomic E-state index is 9.93. The molecule has 132 valence electrons. The molecule has 0 saturated heterocycles. The van der Waals surface area contributed by atoms with Gasteiger partial charge in [0, 0.05) is 6.54 Å². The molecule has 22 heavy (non-hydrogen) atoms. The molecule has 0 fully saturated rings. The predicted molar refractivity (Wildman–Crippen MR) is 89.2 cm³/mol. The molecule has 5 heteroatoms. The van der Waals surface area contributed by atoms with Crippen LogP contribution in [0.3, 0.4) is 0 Å². The van der Waals surface area contributed by atoms with Crippen molar-refractivity contribution < 1.29 is 20.4 Å². The van der Waals surface area contributed by atoms with Crippen LogP contribution in [-0.2, 0) is 0 Å². The first-order valence-corrected chi connectivity index (χ1v) is 8.50. The molecule has 4 atom stereocenters. The van der Waals surface area contributed by atoms with Gasteiger partial charge in [-0.1, -0.05) is 38.2 Å². The van der Waals surface area contributed by atoms with Crippen molar-refractivity contribution in [3.63, 3.8) is 0 Å². The molecule has 0 aliphatic rings. The Kier molecular flexibility index (Phi) is 12.8. The van der Waals surface area contributed by atoms with Crippen molar-refractivity contribution in [3.8, 4) is 0 Å². The van der Waals surface area contributed by atoms with Gasteiger partial charge in [0.05, 0.1) is 12.2 Å². The van der Waals surface area contributed by atoms with Crippen molar-refractivity contribution in [2.45, 2.75) is 89.9 Å². The van der Waals surface area contributed by atoms with Crippen LogP contribution in [-0.4, -0.2) is 56.5 Å². The zero-order valence-corrected chi connectivity index (χ0v) is 14.2. The average molecular weight is 317 g/mol. The number of allylic oxidation sites excluding steroid dienone is 1. The third kappa shape index (κ3) is 9.54. The van der Waals surface area contributed by atoms with Crippen molar-refractivity contribution in [2.24, 2.45) is 0 Å². The molecule has 0 aliphatic heterocycles. The second-order valence-corrected chi connectivity index (χ2v) is 6.10. The van der Waals surface area contributed by atoms with Gasteiger partial charge in [-0.15, -0.1) is 6.58 Å². The lowest BCUT2D eigenvalue weighted by molar-refractivity contribution is -0.171. The molecular weight excluding hydrogens is 282 g/mol. The summed E-state index contributed by atoms with van der Waals surface area (Å²) in [5.41, 5.74) is 0. The van der Waals surface area contributed by atoms with E-state index in [1.165, 1.54) is 44.4 Å². The summed E-state index contributed by atoms with van der Waals surface area (Å²) in [6, 6.07) is 0. The standard InChI is InChI=1S/C17H35NO4/c1-4-5-6-7-8-9-10-11-12-13-18(16(21)14(2)19)17(22)15(3)20/h4,14-17,19-22H,1,5-13H2,2-3H3. The van der Waals surface area contributed by atoms with Crippen LogP contribution in [0.5, 0.6) is 0 Å². The van der Waals surface area contributed by atoms with Gasteiger partial charge in [-0.05, 0) is 33.1 Å². The highest BCUT2D eigenvalue weighted by molar-refractivity contribution is 4.72. The van der Waals surface area contributed by atoms with Crippen LogP contribution in [0, 0.1) is 0 Å². The SMILES string of the molecule is C=CCCCCCCCCCN(C(O)C(C)O)C(O)C(C)O. The van der Waals surface area contributed by atoms with Crippen molar-refractivity contribution in [1.29, 1.82) is 0 Å². The number of hydrogen-bond donors (Lipinski definition) is 4. The van der Waals surface area contributed by atoms with Gasteiger partial charge in [-0.3, -0.25) is 0 Å². The lowest BCUT2D eigenvalue weighted by Crippen LogP contribution is -2.52. The largest absolute Gasteiger partial charge is 0.389 e. The van der Waals surface area contributed by atoms with Gasteiger partial charge in [0.15, 0.2) is 0 Å². The van der Waals surface area contributed by atoms with E-state index >= 15 is 0 Å². The molecule has 0 aliphatic carbocycles. The molecule has 0 bridgehead atoms. The molecule has 4 N–H and O–H groups in total. The lowest BCUT2D eigenvalue weighted by atomic mass is 10.1. The van der Waals surface area contributed by atoms with Crippen molar-refractivity contribution in [3.05, 3.63) is 12.7 Å². The summed E-state index contributed by atoms with van der Waals surface area (Å²) in [5.74, 6) is 0. The number of hydrogen-bond acceptors (Lipinski definition) is 5. The summed E-state index contributed by atoms with van der Waals surface area (Å²) in [5, 5.41) is 38.8. The molecular formula is C17H35NO4. The summed E-state index contributed by atoms with van der Waals surface area (Å²) in [6.45, 7) is 7.10. The average Bonchev–Trinajstić information content (AvgIpc) is 2.48. The maximum Gasteiger partial charge on any atom is 0.135 e. The highest BCUT2D eigenvalue weighted by atomic mass is 16.4. The fraction of sp³-hybridized carbons (Fsp3) is 0.882. The van der Waals surface area contributed by atoms with E-state index < -0.39 is 24.7 Å². The van der Waals surface area contributed by atoms with E-state index in [-0.39, 0.29) is 0 Å². The van der Waals surface area contributed by atoms with Crippen LogP contribution in [0.25, 0.3) is 0 Å². The van der Waals surface area contributed by atoms with Crippen LogP contribution in [0.15, 0.2) is 12.7 Å². The summed E-state index contributed by atoms with van der Waals surface area (Å²) >= 11 is 0. The second kappa shape index (κ2) is 13.0. The fourth-order valence-corrected chi connectivity index (χ4v) is 2.44. The van der Waals surface area contributed by atoms with Crippen molar-refractivity contribution >= 4 is 0 Å². The number of aliphatic hydroxyl groups excluding tert-OH is 4. The quantitative estimate of drug-likeness (QED) is 0.224. The van der Waals surface area contributed by atoms with Gasteiger partial charge >= 0.3 is 0 Å². The second-order valence-electron chi connectivity index (χ2n) is 6.10. The molecule has 0 aromatic rings. The van der Waals surface area contributed by atoms with Crippen molar-refractivity contribution in [2.75, 3.05) is 6.54 Å². The van der Waals surface area contributed by atoms with E-state index in [2.05, 4.69) is 6.58 Å². The molecule has 0 heterocycles. The zero-order valence-electron chi connectivity index (χ0n) is 14.2. The molecule has 0 spiro atoms. The minimum atomic E-state index is -1.16. The third-order valence-electron chi connectivity index (χ3n) is 3.87. The Morgan fingerprint density at radius 3 is 1.59 bits per heavy atom. The minimum absolute atomic E-state index is 0.453. The van der Waals surface area contributed by atoms with Gasteiger partial charge in [-0.25, -0.2) is 4.90 Å². The Hall–Kier alpha value is -0.460. The fourth-order valence-electron chi connectivity index (χ4n) is 2.44. The first-order chi connectivity index (χ1) is 10.4. The number of rotatable bonds is 14. The Morgan fingerprint density at radius 2 is 1.18 bits per heavy atom. The van der Waals surface area contributed by atoms with Gasteiger partial charge in [0.25, 0.3) is 0 Å². The lowest BCUT2D eigenvalue weighted by Gasteiger charge is -2.35. The Bertz CT molecular complexity index is 257. The molecule has 0 rings (SSSR count). The van der Waals surface area contributed by atoms with E-state index in [4.69, 9.17) is 0 Å². The molecule has 4 unspecified atom stereocenters. The zero-order chi connectivity index (χ0) is 17.0. The molecule has 0 amide bonds. The number of unbranched alkanes of at least 4 members (excludes halogenated alkanes) is 7. The highest BCUT2D eigenvalue weighted by Crippen LogP contribution is 2.13. The number of aliphatic hydroxyl groups is 4. The number of nitrogens with zero attached hydrogens (tertiary/aromatic N) is 1. The maximum absolute atomic E-state index is 9.93. The third-order valence-corrected chi connectivity index (χ3v) is 3.87. The molecule has 0 saturated carbocycles. The van der Waals surface area contributed by atoms with Gasteiger partial charge in [-0.2, -0.15) is 0 Å². The highest BCUT2D eigenvalue weighted by Gasteiger charge is 2.28. The van der Waals surface area contributed by atoms with E-state index in [1.807, 2.05) is 6.08 Å². The summed E-state index contributed by atoms with van der Waals surface area (Å²) in [4.78, 5) is 1.36. The van der Waals surface area contributed by atoms with Crippen LogP contribution >= 0.6 is 0 Å². The van der Waals surface area contributed by atoms with E-state index in [1.54, 1.807) is 0 Å².